The van der Waals surface area contributed by atoms with E-state index in [-0.39, 0.29) is 5.91 Å². The Labute approximate surface area is 155 Å². The molecule has 1 aliphatic carbocycles. The third-order valence-corrected chi connectivity index (χ3v) is 6.64. The van der Waals surface area contributed by atoms with Crippen LogP contribution in [0, 0.1) is 0 Å². The minimum absolute atomic E-state index is 0.107. The van der Waals surface area contributed by atoms with E-state index in [0.29, 0.717) is 23.0 Å². The van der Waals surface area contributed by atoms with E-state index in [1.807, 2.05) is 39.4 Å². The van der Waals surface area contributed by atoms with Crippen LogP contribution >= 0.6 is 23.5 Å². The van der Waals surface area contributed by atoms with Crippen molar-refractivity contribution in [1.82, 2.24) is 14.8 Å². The van der Waals surface area contributed by atoms with Crippen LogP contribution in [0.2, 0.25) is 0 Å². The molecule has 1 aromatic heterocycles. The normalized spacial score (nSPS) is 20.2. The van der Waals surface area contributed by atoms with Crippen LogP contribution in [-0.4, -0.2) is 38.2 Å². The summed E-state index contributed by atoms with van der Waals surface area (Å²) in [5, 5.41) is 9.37. The predicted molar refractivity (Wildman–Crippen MR) is 102 cm³/mol. The Morgan fingerprint density at radius 1 is 1.32 bits per heavy atom. The fraction of sp³-hybridized carbons (Fsp3) is 0.471. The van der Waals surface area contributed by atoms with E-state index in [2.05, 4.69) is 23.2 Å². The van der Waals surface area contributed by atoms with Gasteiger partial charge >= 0.3 is 0 Å². The first-order valence-corrected chi connectivity index (χ1v) is 10.4. The number of amides is 1. The Balaban J connectivity index is 1.50. The molecule has 1 atom stereocenters. The highest BCUT2D eigenvalue weighted by molar-refractivity contribution is 8.00. The highest BCUT2D eigenvalue weighted by Crippen LogP contribution is 2.40. The molecule has 1 fully saturated rings. The maximum absolute atomic E-state index is 12.9. The monoisotopic (exact) mass is 375 g/mol. The van der Waals surface area contributed by atoms with E-state index in [1.54, 1.807) is 0 Å². The highest BCUT2D eigenvalue weighted by atomic mass is 32.2. The van der Waals surface area contributed by atoms with Gasteiger partial charge in [0.1, 0.15) is 0 Å². The first-order chi connectivity index (χ1) is 12.1. The number of nitrogens with zero attached hydrogens (tertiary/aromatic N) is 4. The standard InChI is InChI=1S/C17H21N5OS2/c1-11-8-9-21(13-4-2-3-5-14(13)25-11)15(23)10-24-17-20-19-16(18)22(17)12-6-7-12/h2-5,11-12H,6-10H2,1H3,(H2,18,19). The fourth-order valence-corrected chi connectivity index (χ4v) is 5.01. The van der Waals surface area contributed by atoms with E-state index in [0.717, 1.165) is 36.7 Å². The summed E-state index contributed by atoms with van der Waals surface area (Å²) in [6, 6.07) is 8.56. The predicted octanol–water partition coefficient (Wildman–Crippen LogP) is 3.20. The molecular formula is C17H21N5OS2. The summed E-state index contributed by atoms with van der Waals surface area (Å²) in [5.41, 5.74) is 6.93. The van der Waals surface area contributed by atoms with Crippen LogP contribution in [0.15, 0.2) is 34.3 Å². The number of benzene rings is 1. The molecule has 2 heterocycles. The molecule has 2 aromatic rings. The molecule has 0 bridgehead atoms. The molecule has 8 heteroatoms. The molecule has 0 spiro atoms. The minimum Gasteiger partial charge on any atom is -0.368 e. The summed E-state index contributed by atoms with van der Waals surface area (Å²) in [5.74, 6) is 0.900. The Morgan fingerprint density at radius 2 is 2.12 bits per heavy atom. The number of fused-ring (bicyclic) bond motifs is 1. The molecule has 4 rings (SSSR count). The third kappa shape index (κ3) is 3.50. The van der Waals surface area contributed by atoms with Crippen molar-refractivity contribution in [3.05, 3.63) is 24.3 Å². The van der Waals surface area contributed by atoms with Gasteiger partial charge in [0.05, 0.1) is 11.4 Å². The van der Waals surface area contributed by atoms with Crippen LogP contribution in [0.4, 0.5) is 11.6 Å². The Hall–Kier alpha value is -1.67. The molecule has 1 aliphatic heterocycles. The Morgan fingerprint density at radius 3 is 2.92 bits per heavy atom. The number of hydrogen-bond acceptors (Lipinski definition) is 6. The lowest BCUT2D eigenvalue weighted by molar-refractivity contribution is -0.116. The molecule has 1 amide bonds. The zero-order valence-electron chi connectivity index (χ0n) is 14.1. The van der Waals surface area contributed by atoms with E-state index < -0.39 is 0 Å². The number of anilines is 2. The lowest BCUT2D eigenvalue weighted by atomic mass is 10.2. The first kappa shape index (κ1) is 16.8. The number of nitrogen functional groups attached to an aromatic ring is 1. The van der Waals surface area contributed by atoms with Crippen molar-refractivity contribution in [1.29, 1.82) is 0 Å². The number of hydrogen-bond donors (Lipinski definition) is 1. The van der Waals surface area contributed by atoms with E-state index in [1.165, 1.54) is 16.7 Å². The van der Waals surface area contributed by atoms with Crippen molar-refractivity contribution in [2.75, 3.05) is 22.9 Å². The number of thioether (sulfide) groups is 2. The first-order valence-electron chi connectivity index (χ1n) is 8.52. The third-order valence-electron chi connectivity index (χ3n) is 4.47. The summed E-state index contributed by atoms with van der Waals surface area (Å²) in [6.45, 7) is 2.97. The number of rotatable bonds is 4. The number of para-hydroxylation sites is 1. The van der Waals surface area contributed by atoms with Crippen molar-refractivity contribution >= 4 is 41.1 Å². The van der Waals surface area contributed by atoms with Crippen molar-refractivity contribution in [2.45, 2.75) is 47.5 Å². The van der Waals surface area contributed by atoms with Crippen molar-refractivity contribution in [2.24, 2.45) is 0 Å². The number of nitrogens with two attached hydrogens (primary N) is 1. The Kier molecular flexibility index (Phi) is 4.64. The summed E-state index contributed by atoms with van der Waals surface area (Å²) in [6.07, 6.45) is 3.21. The van der Waals surface area contributed by atoms with Gasteiger partial charge in [0, 0.05) is 22.7 Å². The van der Waals surface area contributed by atoms with Crippen LogP contribution in [0.3, 0.4) is 0 Å². The fourth-order valence-electron chi connectivity index (χ4n) is 3.01. The lowest BCUT2D eigenvalue weighted by Gasteiger charge is -2.22. The molecule has 1 unspecified atom stereocenters. The van der Waals surface area contributed by atoms with Crippen molar-refractivity contribution in [3.63, 3.8) is 0 Å². The number of carbonyl (C=O) groups is 1. The maximum atomic E-state index is 12.9. The lowest BCUT2D eigenvalue weighted by Crippen LogP contribution is -2.33. The van der Waals surface area contributed by atoms with Gasteiger partial charge in [-0.05, 0) is 31.4 Å². The summed E-state index contributed by atoms with van der Waals surface area (Å²) in [4.78, 5) is 16.0. The van der Waals surface area contributed by atoms with Gasteiger partial charge in [-0.15, -0.1) is 22.0 Å². The van der Waals surface area contributed by atoms with Gasteiger partial charge in [-0.2, -0.15) is 0 Å². The quantitative estimate of drug-likeness (QED) is 0.827. The molecule has 1 aromatic carbocycles. The SMILES string of the molecule is CC1CCN(C(=O)CSc2nnc(N)n2C2CC2)c2ccccc2S1. The van der Waals surface area contributed by atoms with Crippen LogP contribution < -0.4 is 10.6 Å². The molecule has 2 aliphatic rings. The van der Waals surface area contributed by atoms with Gasteiger partial charge in [0.15, 0.2) is 5.16 Å². The molecule has 0 saturated heterocycles. The van der Waals surface area contributed by atoms with Crippen LogP contribution in [0.25, 0.3) is 0 Å². The van der Waals surface area contributed by atoms with Gasteiger partial charge in [0.25, 0.3) is 0 Å². The minimum atomic E-state index is 0.107. The van der Waals surface area contributed by atoms with Gasteiger partial charge in [-0.1, -0.05) is 30.8 Å². The van der Waals surface area contributed by atoms with Crippen LogP contribution in [0.5, 0.6) is 0 Å². The summed E-state index contributed by atoms with van der Waals surface area (Å²) < 4.78 is 1.96. The number of carbonyl (C=O) groups excluding carboxylic acids is 1. The second kappa shape index (κ2) is 6.92. The van der Waals surface area contributed by atoms with Gasteiger partial charge < -0.3 is 10.6 Å². The molecular weight excluding hydrogens is 354 g/mol. The topological polar surface area (TPSA) is 77.0 Å². The Bertz CT molecular complexity index is 789. The van der Waals surface area contributed by atoms with Crippen molar-refractivity contribution < 1.29 is 4.79 Å². The smallest absolute Gasteiger partial charge is 0.237 e. The van der Waals surface area contributed by atoms with Crippen molar-refractivity contribution in [3.8, 4) is 0 Å². The largest absolute Gasteiger partial charge is 0.368 e. The summed E-state index contributed by atoms with van der Waals surface area (Å²) in [7, 11) is 0. The van der Waals surface area contributed by atoms with Gasteiger partial charge in [-0.3, -0.25) is 9.36 Å². The highest BCUT2D eigenvalue weighted by Gasteiger charge is 2.30. The van der Waals surface area contributed by atoms with Crippen LogP contribution in [-0.2, 0) is 4.79 Å². The molecule has 0 radical (unpaired) electrons. The second-order valence-corrected chi connectivity index (χ2v) is 8.88. The van der Waals surface area contributed by atoms with E-state index in [4.69, 9.17) is 5.73 Å². The zero-order chi connectivity index (χ0) is 17.4. The maximum Gasteiger partial charge on any atom is 0.237 e. The molecule has 25 heavy (non-hydrogen) atoms. The van der Waals surface area contributed by atoms with Gasteiger partial charge in [-0.25, -0.2) is 0 Å². The number of aromatic nitrogens is 3. The van der Waals surface area contributed by atoms with Crippen LogP contribution in [0.1, 0.15) is 32.2 Å². The van der Waals surface area contributed by atoms with E-state index >= 15 is 0 Å². The zero-order valence-corrected chi connectivity index (χ0v) is 15.7. The molecule has 2 N–H and O–H groups in total. The molecule has 1 saturated carbocycles. The molecule has 132 valence electrons. The summed E-state index contributed by atoms with van der Waals surface area (Å²) >= 11 is 3.27. The average Bonchev–Trinajstić information content (AvgIpc) is 3.39. The second-order valence-electron chi connectivity index (χ2n) is 6.46. The van der Waals surface area contributed by atoms with Gasteiger partial charge in [0.2, 0.25) is 11.9 Å². The van der Waals surface area contributed by atoms with E-state index in [9.17, 15) is 4.79 Å². The average molecular weight is 376 g/mol. The molecule has 6 nitrogen and oxygen atoms in total.